The number of anilines is 1. The molecule has 1 aromatic rings. The molecule has 4 aliphatic rings. The van der Waals surface area contributed by atoms with E-state index in [1.165, 1.54) is 25.1 Å². The predicted molar refractivity (Wildman–Crippen MR) is 91.1 cm³/mol. The minimum atomic E-state index is -4.76. The Hall–Kier alpha value is -2.04. The average molecular weight is 420 g/mol. The van der Waals surface area contributed by atoms with Gasteiger partial charge in [0.1, 0.15) is 18.5 Å². The van der Waals surface area contributed by atoms with Crippen LogP contribution in [0.2, 0.25) is 0 Å². The first kappa shape index (κ1) is 20.2. The van der Waals surface area contributed by atoms with Crippen LogP contribution in [0.25, 0.3) is 0 Å². The van der Waals surface area contributed by atoms with E-state index in [9.17, 15) is 26.7 Å². The van der Waals surface area contributed by atoms with Gasteiger partial charge in [-0.15, -0.1) is 13.2 Å². The van der Waals surface area contributed by atoms with E-state index in [2.05, 4.69) is 20.0 Å². The summed E-state index contributed by atoms with van der Waals surface area (Å²) in [6, 6.07) is -1.66. The van der Waals surface area contributed by atoms with Crippen LogP contribution in [-0.4, -0.2) is 58.5 Å². The Morgan fingerprint density at radius 1 is 1.38 bits per heavy atom. The highest BCUT2D eigenvalue weighted by Gasteiger charge is 2.70. The van der Waals surface area contributed by atoms with Crippen molar-refractivity contribution in [3.8, 4) is 0 Å². The van der Waals surface area contributed by atoms with Crippen molar-refractivity contribution in [1.29, 1.82) is 0 Å². The molecule has 2 heterocycles. The second-order valence-electron chi connectivity index (χ2n) is 8.53. The van der Waals surface area contributed by atoms with Crippen LogP contribution in [0.5, 0.6) is 0 Å². The molecule has 0 spiro atoms. The molecule has 0 unspecified atom stereocenters. The van der Waals surface area contributed by atoms with Crippen molar-refractivity contribution in [3.05, 3.63) is 17.8 Å². The van der Waals surface area contributed by atoms with Gasteiger partial charge in [-0.2, -0.15) is 0 Å². The molecule has 11 heteroatoms. The number of amides is 1. The zero-order chi connectivity index (χ0) is 21.2. The molecule has 3 saturated carbocycles. The first-order chi connectivity index (χ1) is 13.5. The topological polar surface area (TPSA) is 67.4 Å². The van der Waals surface area contributed by atoms with Crippen molar-refractivity contribution in [2.24, 2.45) is 5.41 Å². The van der Waals surface area contributed by atoms with E-state index in [-0.39, 0.29) is 23.5 Å². The minimum Gasteiger partial charge on any atom is -0.356 e. The second kappa shape index (κ2) is 6.48. The highest BCUT2D eigenvalue weighted by Crippen LogP contribution is 2.73. The van der Waals surface area contributed by atoms with Crippen molar-refractivity contribution in [1.82, 2.24) is 14.9 Å². The number of halogens is 5. The maximum atomic E-state index is 14.9. The van der Waals surface area contributed by atoms with Crippen LogP contribution in [0.4, 0.5) is 27.8 Å². The summed E-state index contributed by atoms with van der Waals surface area (Å²) in [4.78, 5) is 21.7. The lowest BCUT2D eigenvalue weighted by Gasteiger charge is -2.69. The summed E-state index contributed by atoms with van der Waals surface area (Å²) in [7, 11) is 0. The van der Waals surface area contributed by atoms with Crippen LogP contribution in [0, 0.1) is 11.2 Å². The van der Waals surface area contributed by atoms with Crippen molar-refractivity contribution >= 4 is 11.7 Å². The van der Waals surface area contributed by atoms with Crippen LogP contribution in [-0.2, 0) is 14.9 Å². The molecule has 1 aliphatic heterocycles. The molecule has 2 bridgehead atoms. The number of hydrogen-bond donors (Lipinski definition) is 1. The molecule has 1 N–H and O–H groups in total. The highest BCUT2D eigenvalue weighted by molar-refractivity contribution is 5.85. The molecule has 1 amide bonds. The van der Waals surface area contributed by atoms with E-state index in [0.717, 1.165) is 0 Å². The van der Waals surface area contributed by atoms with Gasteiger partial charge in [0.05, 0.1) is 18.4 Å². The molecular weight excluding hydrogens is 399 g/mol. The molecule has 1 aromatic heterocycles. The number of likely N-dealkylation sites (tertiary alicyclic amines) is 1. The molecule has 4 fully saturated rings. The Morgan fingerprint density at radius 2 is 2.03 bits per heavy atom. The first-order valence-corrected chi connectivity index (χ1v) is 9.38. The van der Waals surface area contributed by atoms with Gasteiger partial charge in [0.2, 0.25) is 5.91 Å². The van der Waals surface area contributed by atoms with Gasteiger partial charge in [0.15, 0.2) is 11.6 Å². The summed E-state index contributed by atoms with van der Waals surface area (Å²) in [6.45, 7) is 2.31. The van der Waals surface area contributed by atoms with E-state index in [4.69, 9.17) is 0 Å². The molecule has 5 rings (SSSR count). The average Bonchev–Trinajstić information content (AvgIpc) is 2.57. The number of ether oxygens (including phenoxy) is 1. The van der Waals surface area contributed by atoms with Gasteiger partial charge in [0.25, 0.3) is 0 Å². The smallest absolute Gasteiger partial charge is 0.356 e. The van der Waals surface area contributed by atoms with E-state index in [0.29, 0.717) is 19.3 Å². The number of carbonyl (C=O) groups is 1. The van der Waals surface area contributed by atoms with Crippen LogP contribution in [0.1, 0.15) is 38.8 Å². The SMILES string of the molecule is C[C@@H](Nc1ncnc(C23CC(CF)(C2)C3)c1F)C(=O)N1C[C@H](OC(F)(F)F)[C@@H]1C. The van der Waals surface area contributed by atoms with E-state index >= 15 is 0 Å². The number of carbonyl (C=O) groups excluding carboxylic acids is 1. The van der Waals surface area contributed by atoms with Gasteiger partial charge in [-0.25, -0.2) is 14.4 Å². The molecule has 0 radical (unpaired) electrons. The number of alkyl halides is 4. The standard InChI is InChI=1S/C18H21F5N4O2/c1-9(15(28)27-3-11(10(27)2)29-18(21,22)23)26-14-12(20)13(24-8-25-14)17-4-16(5-17,6-17)7-19/h8-11H,3-7H2,1-2H3,(H,24,25,26)/t9-,10+,11+,16?,17?/m1/s1. The third-order valence-corrected chi connectivity index (χ3v) is 6.41. The highest BCUT2D eigenvalue weighted by atomic mass is 19.4. The fourth-order valence-corrected chi connectivity index (χ4v) is 4.92. The molecule has 3 atom stereocenters. The van der Waals surface area contributed by atoms with Crippen molar-refractivity contribution in [2.45, 2.75) is 63.1 Å². The summed E-state index contributed by atoms with van der Waals surface area (Å²) in [5, 5.41) is 2.69. The Morgan fingerprint density at radius 3 is 2.59 bits per heavy atom. The normalized spacial score (nSPS) is 34.0. The van der Waals surface area contributed by atoms with Crippen molar-refractivity contribution < 1.29 is 31.5 Å². The predicted octanol–water partition coefficient (Wildman–Crippen LogP) is 2.94. The molecule has 3 aliphatic carbocycles. The summed E-state index contributed by atoms with van der Waals surface area (Å²) in [5.41, 5.74) is -0.575. The summed E-state index contributed by atoms with van der Waals surface area (Å²) in [6.07, 6.45) is -3.06. The molecule has 0 aromatic carbocycles. The van der Waals surface area contributed by atoms with Gasteiger partial charge in [-0.05, 0) is 33.1 Å². The molecule has 6 nitrogen and oxygen atoms in total. The summed E-state index contributed by atoms with van der Waals surface area (Å²) < 4.78 is 68.9. The maximum Gasteiger partial charge on any atom is 0.522 e. The molecule has 160 valence electrons. The Bertz CT molecular complexity index is 813. The van der Waals surface area contributed by atoms with Crippen molar-refractivity contribution in [3.63, 3.8) is 0 Å². The number of nitrogens with one attached hydrogen (secondary N) is 1. The number of aromatic nitrogens is 2. The minimum absolute atomic E-state index is 0.147. The van der Waals surface area contributed by atoms with Crippen LogP contribution < -0.4 is 5.32 Å². The zero-order valence-electron chi connectivity index (χ0n) is 15.9. The summed E-state index contributed by atoms with van der Waals surface area (Å²) in [5.74, 6) is -1.30. The number of nitrogens with zero attached hydrogens (tertiary/aromatic N) is 3. The quantitative estimate of drug-likeness (QED) is 0.717. The largest absolute Gasteiger partial charge is 0.522 e. The monoisotopic (exact) mass is 420 g/mol. The third-order valence-electron chi connectivity index (χ3n) is 6.41. The fraction of sp³-hybridized carbons (Fsp3) is 0.722. The molecular formula is C18H21F5N4O2. The van der Waals surface area contributed by atoms with E-state index in [1.807, 2.05) is 0 Å². The Balaban J connectivity index is 1.39. The lowest BCUT2D eigenvalue weighted by Crippen LogP contribution is -2.66. The molecule has 29 heavy (non-hydrogen) atoms. The Kier molecular flexibility index (Phi) is 4.52. The zero-order valence-corrected chi connectivity index (χ0v) is 15.9. The fourth-order valence-electron chi connectivity index (χ4n) is 4.92. The molecule has 1 saturated heterocycles. The van der Waals surface area contributed by atoms with Gasteiger partial charge < -0.3 is 10.2 Å². The first-order valence-electron chi connectivity index (χ1n) is 9.38. The second-order valence-corrected chi connectivity index (χ2v) is 8.53. The Labute approximate surface area is 163 Å². The summed E-state index contributed by atoms with van der Waals surface area (Å²) >= 11 is 0. The van der Waals surface area contributed by atoms with Gasteiger partial charge >= 0.3 is 6.36 Å². The van der Waals surface area contributed by atoms with Crippen LogP contribution >= 0.6 is 0 Å². The van der Waals surface area contributed by atoms with E-state index < -0.39 is 48.4 Å². The van der Waals surface area contributed by atoms with Gasteiger partial charge in [0, 0.05) is 17.4 Å². The van der Waals surface area contributed by atoms with Crippen molar-refractivity contribution in [2.75, 3.05) is 18.5 Å². The van der Waals surface area contributed by atoms with Gasteiger partial charge in [-0.3, -0.25) is 13.9 Å². The maximum absolute atomic E-state index is 14.9. The number of rotatable bonds is 6. The van der Waals surface area contributed by atoms with Gasteiger partial charge in [-0.1, -0.05) is 0 Å². The number of hydrogen-bond acceptors (Lipinski definition) is 5. The van der Waals surface area contributed by atoms with E-state index in [1.54, 1.807) is 0 Å². The lowest BCUT2D eigenvalue weighted by atomic mass is 9.34. The third kappa shape index (κ3) is 3.23. The lowest BCUT2D eigenvalue weighted by molar-refractivity contribution is -0.359. The van der Waals surface area contributed by atoms with Crippen LogP contribution in [0.15, 0.2) is 6.33 Å². The van der Waals surface area contributed by atoms with Crippen LogP contribution in [0.3, 0.4) is 0 Å².